The van der Waals surface area contributed by atoms with Gasteiger partial charge in [-0.3, -0.25) is 43.9 Å². The number of nitrogen functional groups attached to an aromatic ring is 1. The first-order valence-corrected chi connectivity index (χ1v) is 42.4. The first-order chi connectivity index (χ1) is 64.5. The number of nitrogens with one attached hydrogen (secondary N) is 5. The van der Waals surface area contributed by atoms with Gasteiger partial charge in [0.25, 0.3) is 11.5 Å². The second-order valence-electron chi connectivity index (χ2n) is 30.5. The number of aliphatic hydroxyl groups excluding tert-OH is 2. The number of Topliss-reactive ketones (excluding diaryl/α,β-unsaturated/α-hetero) is 2. The number of primary amides is 1. The number of fused-ring (bicyclic) bond motifs is 5. The number of aliphatic hydroxyl groups is 2. The molecule has 17 rings (SSSR count). The molecule has 0 saturated carbocycles. The van der Waals surface area contributed by atoms with E-state index in [0.29, 0.717) is 80.6 Å². The molecule has 17 N–H and O–H groups in total. The number of rotatable bonds is 16. The van der Waals surface area contributed by atoms with Crippen LogP contribution in [-0.4, -0.2) is 167 Å². The van der Waals surface area contributed by atoms with Gasteiger partial charge in [0.15, 0.2) is 17.4 Å². The Hall–Kier alpha value is -16.2. The Morgan fingerprint density at radius 3 is 2.00 bits per heavy atom. The number of urea groups is 2. The number of esters is 1. The van der Waals surface area contributed by atoms with E-state index >= 15 is 0 Å². The highest BCUT2D eigenvalue weighted by Crippen LogP contribution is 2.31. The number of hydrogen-bond donors (Lipinski definition) is 15. The fourth-order valence-corrected chi connectivity index (χ4v) is 12.2. The van der Waals surface area contributed by atoms with E-state index in [9.17, 15) is 58.8 Å². The van der Waals surface area contributed by atoms with Gasteiger partial charge in [0.2, 0.25) is 0 Å². The van der Waals surface area contributed by atoms with Crippen molar-refractivity contribution < 1.29 is 93.4 Å². The Morgan fingerprint density at radius 1 is 0.689 bits per heavy atom. The highest BCUT2D eigenvalue weighted by Gasteiger charge is 2.30. The molecule has 5 aliphatic rings. The van der Waals surface area contributed by atoms with Crippen molar-refractivity contribution >= 4 is 87.8 Å². The molecule has 4 aromatic heterocycles. The molecule has 135 heavy (non-hydrogen) atoms. The third kappa shape index (κ3) is 38.0. The molecule has 0 bridgehead atoms. The number of carbonyl (C=O) groups excluding carboxylic acids is 6. The molecule has 2 atom stereocenters. The molecule has 0 radical (unpaired) electrons. The van der Waals surface area contributed by atoms with Crippen molar-refractivity contribution in [2.24, 2.45) is 10.7 Å². The molecule has 33 heteroatoms. The lowest BCUT2D eigenvalue weighted by molar-refractivity contribution is -0.132. The van der Waals surface area contributed by atoms with Crippen LogP contribution in [0.2, 0.25) is 0 Å². The Morgan fingerprint density at radius 2 is 1.37 bits per heavy atom. The van der Waals surface area contributed by atoms with E-state index in [1.54, 1.807) is 63.7 Å². The minimum atomic E-state index is -1.19. The van der Waals surface area contributed by atoms with Crippen molar-refractivity contribution in [3.05, 3.63) is 338 Å². The summed E-state index contributed by atoms with van der Waals surface area (Å²) in [6.45, 7) is 18.8. The van der Waals surface area contributed by atoms with Gasteiger partial charge < -0.3 is 97.0 Å². The Labute approximate surface area is 781 Å². The first-order valence-electron chi connectivity index (χ1n) is 42.4. The monoisotopic (exact) mass is 1840 g/mol. The van der Waals surface area contributed by atoms with Crippen LogP contribution in [0.25, 0.3) is 29.1 Å². The van der Waals surface area contributed by atoms with Crippen molar-refractivity contribution in [1.29, 1.82) is 0 Å². The highest BCUT2D eigenvalue weighted by molar-refractivity contribution is 6.05. The number of nitrogens with zero attached hydrogens (tertiary/aromatic N) is 6. The predicted molar refractivity (Wildman–Crippen MR) is 519 cm³/mol. The molecule has 0 spiro atoms. The summed E-state index contributed by atoms with van der Waals surface area (Å²) < 4.78 is 21.2. The maximum atomic E-state index is 10.9. The Bertz CT molecular complexity index is 6210. The van der Waals surface area contributed by atoms with Crippen LogP contribution < -0.4 is 67.7 Å². The predicted octanol–water partition coefficient (Wildman–Crippen LogP) is 13.0. The maximum absolute atomic E-state index is 10.9. The van der Waals surface area contributed by atoms with Crippen LogP contribution in [0.3, 0.4) is 0 Å². The molecule has 33 nitrogen and oxygen atoms in total. The summed E-state index contributed by atoms with van der Waals surface area (Å²) in [6.07, 6.45) is 18.7. The zero-order valence-electron chi connectivity index (χ0n) is 76.8. The standard InChI is InChI=1S/C11H14O.C10H15NO.C10H10O.C10H8O.C9H12N2O.C9H7NO.2C9H10O2.C8H11NO3.C7H7NO3.C6H5N3O.C4H6N4O3/c1-10(12)6-5-9-11-7-3-2-4-8-11;1-4-11(2,3)9-6-5-7-10(12)8-9;1-7-5-8-3-2-4-9(8)6-10(7)11;1-8-6-7-9-4-2-3-5-10(9)11-8;1-12-6-7-5-11-9-8(7)3-2-4-10-9;11-8-5-1-3-7-4-2-6-10-9(7)8;1-7-4-3-5-9(6-7)11-8(2)10;1-8(10)7-11-9-5-3-2-4-6-9;1-5-8(12)7(4-11)6(3-10)2-9-5;8-4-1-2-6(9)5(3-4)7(10)11;10-6-4-1-2-7-5(4)8-3-9-6;5-3(10)6-1-2(9)8-4(11)7-1/h2-4,7-8H,5-6,9H2,1H3;5-8H,4H2,1-3H3;2-3,5-6,11H,4H2,1H3;2-7H,1H2;2-4,7H,5-6H2,1H3,(H,10,11);1-6,11H;3-6H,1-2H3;2-6H,7H2,1H3;2,10-12H,3-4H2,1H3;1-3,9H,8H2,(H,10,11);1,3H,2H2,(H,7,8,9,10);1H,(H3,5,6,10)(H2,7,8,9,11)/p+1/t;;;;7-;;;;;;;/m....1......./s1. The number of aromatic carboxylic acids is 1. The number of nitrogens with two attached hydrogens (primary N) is 2. The number of carbonyl (C=O) groups is 7. The van der Waals surface area contributed by atoms with Crippen molar-refractivity contribution in [3.8, 4) is 46.0 Å². The third-order valence-corrected chi connectivity index (χ3v) is 19.5. The number of aromatic amines is 1. The van der Waals surface area contributed by atoms with E-state index in [2.05, 4.69) is 98.5 Å². The maximum Gasteiger partial charge on any atom is 0.339 e. The lowest BCUT2D eigenvalue weighted by Gasteiger charge is -2.27. The van der Waals surface area contributed by atoms with E-state index in [0.717, 1.165) is 88.5 Å². The van der Waals surface area contributed by atoms with Gasteiger partial charge in [-0.1, -0.05) is 128 Å². The Balaban J connectivity index is 0.000000226. The number of anilines is 2. The molecule has 1 unspecified atom stereocenters. The fraction of sp³-hybridized carbons (Fsp3) is 0.225. The van der Waals surface area contributed by atoms with Gasteiger partial charge in [0, 0.05) is 90.9 Å². The summed E-state index contributed by atoms with van der Waals surface area (Å²) in [5, 5.41) is 83.3. The van der Waals surface area contributed by atoms with Gasteiger partial charge in [0.05, 0.1) is 64.2 Å². The number of H-pyrrole nitrogens is 1. The van der Waals surface area contributed by atoms with Gasteiger partial charge in [-0.05, 0) is 198 Å². The van der Waals surface area contributed by atoms with E-state index in [-0.39, 0.29) is 65.7 Å². The number of allylic oxidation sites excluding steroid dienone is 2. The average Bonchev–Trinajstić information content (AvgIpc) is 1.67. The topological polar surface area (TPSA) is 515 Å². The molecule has 4 aliphatic heterocycles. The molecule has 5 amide bonds. The molecule has 708 valence electrons. The number of para-hydroxylation sites is 3. The number of carboxylic acid groups (broad SMARTS) is 1. The zero-order chi connectivity index (χ0) is 98.9. The van der Waals surface area contributed by atoms with Gasteiger partial charge in [-0.25, -0.2) is 24.4 Å². The largest absolute Gasteiger partial charge is 0.508 e. The fourth-order valence-electron chi connectivity index (χ4n) is 12.2. The number of ether oxygens (including phenoxy) is 4. The molecular weight excluding hydrogens is 1730 g/mol. The van der Waals surface area contributed by atoms with Crippen molar-refractivity contribution in [2.75, 3.05) is 65.1 Å². The number of quaternary nitrogens is 1. The SMILES string of the molecule is C=C1C=Cc2ccccc2O1.CC(=O)CCCc1ccccc1.CC(=O)COc1ccccc1.CC(=O)Oc1cccc(C)c1.CC[N+](C)(C)c1cccc(O)c1.COC[C@H]1CNc2ncccc21.Cc1cc2c(cc1O)CC=C2.Cc1ncc(CO)c(CO)c1O.NC(=O)NC1NC(=O)NC1=O.Nc1ccc(O)c(C(=O)O)c1.O=c1[nH]cnc2c1=CCN=2.Oc1cccc2cccnc12. The number of ketones is 2. The number of phenolic OH excluding ortho intramolecular Hbond substituents is 3. The number of aryl methyl sites for hydroxylation is 4. The van der Waals surface area contributed by atoms with Crippen LogP contribution in [0.4, 0.5) is 26.8 Å². The number of carboxylic acids is 1. The van der Waals surface area contributed by atoms with Crippen LogP contribution in [0.5, 0.6) is 46.0 Å². The number of aromatic nitrogens is 5. The van der Waals surface area contributed by atoms with Gasteiger partial charge in [-0.15, -0.1) is 0 Å². The number of methoxy groups -OCH3 is 1. The first kappa shape index (κ1) is 108. The lowest BCUT2D eigenvalue weighted by atomic mass is 10.1. The smallest absolute Gasteiger partial charge is 0.339 e. The Kier molecular flexibility index (Phi) is 44.9. The molecular formula is C102H116N13O20+. The minimum absolute atomic E-state index is 0.0360. The van der Waals surface area contributed by atoms with Crippen molar-refractivity contribution in [3.63, 3.8) is 0 Å². The molecule has 1 aliphatic carbocycles. The summed E-state index contributed by atoms with van der Waals surface area (Å²) >= 11 is 0. The van der Waals surface area contributed by atoms with Crippen LogP contribution in [0.1, 0.15) is 113 Å². The average molecular weight is 1840 g/mol. The summed E-state index contributed by atoms with van der Waals surface area (Å²) in [5.74, 6) is 3.33. The second kappa shape index (κ2) is 56.4. The number of pyridine rings is 3. The number of phenols is 4. The molecule has 1 fully saturated rings. The summed E-state index contributed by atoms with van der Waals surface area (Å²) in [4.78, 5) is 107. The summed E-state index contributed by atoms with van der Waals surface area (Å²) in [6, 6.07) is 61.7. The number of aromatic hydroxyl groups is 5. The molecule has 1 saturated heterocycles. The van der Waals surface area contributed by atoms with Crippen molar-refractivity contribution in [2.45, 2.75) is 99.4 Å². The van der Waals surface area contributed by atoms with Crippen LogP contribution in [0, 0.1) is 20.8 Å². The van der Waals surface area contributed by atoms with E-state index < -0.39 is 30.1 Å². The number of amides is 5. The van der Waals surface area contributed by atoms with E-state index in [1.807, 2.05) is 182 Å². The van der Waals surface area contributed by atoms with Gasteiger partial charge in [0.1, 0.15) is 86.7 Å². The zero-order valence-corrected chi connectivity index (χ0v) is 76.8. The van der Waals surface area contributed by atoms with E-state index in [4.69, 9.17) is 50.8 Å². The van der Waals surface area contributed by atoms with Crippen LogP contribution in [0.15, 0.2) is 265 Å². The molecule has 8 aromatic carbocycles. The van der Waals surface area contributed by atoms with Crippen LogP contribution in [-0.2, 0) is 50.0 Å². The summed E-state index contributed by atoms with van der Waals surface area (Å²) in [5.41, 5.74) is 21.9. The highest BCUT2D eigenvalue weighted by atomic mass is 16.5. The minimum Gasteiger partial charge on any atom is -0.508 e. The third-order valence-electron chi connectivity index (χ3n) is 19.5. The summed E-state index contributed by atoms with van der Waals surface area (Å²) in [7, 11) is 5.97. The van der Waals surface area contributed by atoms with Gasteiger partial charge >= 0.3 is 24.0 Å². The number of hydrogen-bond acceptors (Lipinski definition) is 26. The normalized spacial score (nSPS) is 12.8. The second-order valence-corrected chi connectivity index (χ2v) is 30.5. The molecule has 12 aromatic rings. The molecule has 8 heterocycles. The van der Waals surface area contributed by atoms with E-state index in [1.165, 1.54) is 66.8 Å². The van der Waals surface area contributed by atoms with Crippen LogP contribution >= 0.6 is 0 Å². The van der Waals surface area contributed by atoms with Gasteiger partial charge in [-0.2, -0.15) is 0 Å². The number of imide groups is 1. The lowest BCUT2D eigenvalue weighted by Crippen LogP contribution is -2.48. The quantitative estimate of drug-likeness (QED) is 0.0107. The number of benzene rings is 8. The van der Waals surface area contributed by atoms with Crippen molar-refractivity contribution in [1.82, 2.24) is 45.4 Å².